The summed E-state index contributed by atoms with van der Waals surface area (Å²) in [4.78, 5) is 12.8. The minimum absolute atomic E-state index is 0.137. The molecule has 0 saturated carbocycles. The van der Waals surface area contributed by atoms with E-state index in [4.69, 9.17) is 0 Å². The van der Waals surface area contributed by atoms with Gasteiger partial charge in [-0.2, -0.15) is 0 Å². The van der Waals surface area contributed by atoms with Crippen LogP contribution in [-0.4, -0.2) is 5.78 Å². The van der Waals surface area contributed by atoms with Crippen molar-refractivity contribution in [2.24, 2.45) is 0 Å². The fourth-order valence-electron chi connectivity index (χ4n) is 3.13. The predicted octanol–water partition coefficient (Wildman–Crippen LogP) is 4.87. The van der Waals surface area contributed by atoms with Crippen LogP contribution in [0.15, 0.2) is 66.7 Å². The van der Waals surface area contributed by atoms with Crippen molar-refractivity contribution >= 4 is 5.78 Å². The Morgan fingerprint density at radius 1 is 0.667 bits per heavy atom. The van der Waals surface area contributed by atoms with Gasteiger partial charge in [-0.15, -0.1) is 0 Å². The normalized spacial score (nSPS) is 12.1. The Bertz CT molecular complexity index is 875. The average Bonchev–Trinajstić information content (AvgIpc) is 2.81. The van der Waals surface area contributed by atoms with Crippen molar-refractivity contribution in [1.29, 1.82) is 0 Å². The third kappa shape index (κ3) is 1.74. The first-order chi connectivity index (χ1) is 10.3. The first-order valence-corrected chi connectivity index (χ1v) is 7.10. The fraction of sp³-hybridized carbons (Fsp3) is 0.0500. The van der Waals surface area contributed by atoms with Gasteiger partial charge in [-0.25, -0.2) is 0 Å². The van der Waals surface area contributed by atoms with E-state index in [1.54, 1.807) is 0 Å². The third-order valence-electron chi connectivity index (χ3n) is 4.08. The maximum absolute atomic E-state index is 12.8. The largest absolute Gasteiger partial charge is 0.289 e. The Kier molecular flexibility index (Phi) is 2.55. The molecule has 0 N–H and O–H groups in total. The van der Waals surface area contributed by atoms with E-state index in [1.807, 2.05) is 48.5 Å². The smallest absolute Gasteiger partial charge is 0.194 e. The molecule has 3 aromatic rings. The van der Waals surface area contributed by atoms with E-state index >= 15 is 0 Å². The van der Waals surface area contributed by atoms with Crippen molar-refractivity contribution in [3.8, 4) is 22.3 Å². The Labute approximate surface area is 123 Å². The van der Waals surface area contributed by atoms with Crippen LogP contribution < -0.4 is 0 Å². The molecule has 100 valence electrons. The molecule has 3 aromatic carbocycles. The average molecular weight is 270 g/mol. The zero-order chi connectivity index (χ0) is 14.4. The van der Waals surface area contributed by atoms with E-state index in [0.29, 0.717) is 0 Å². The second-order valence-corrected chi connectivity index (χ2v) is 5.47. The van der Waals surface area contributed by atoms with Crippen molar-refractivity contribution in [3.63, 3.8) is 0 Å². The highest BCUT2D eigenvalue weighted by Crippen LogP contribution is 2.41. The summed E-state index contributed by atoms with van der Waals surface area (Å²) in [5.74, 6) is 0.137. The molecule has 0 saturated heterocycles. The lowest BCUT2D eigenvalue weighted by Gasteiger charge is -2.08. The summed E-state index contributed by atoms with van der Waals surface area (Å²) in [5.41, 5.74) is 7.08. The van der Waals surface area contributed by atoms with E-state index in [0.717, 1.165) is 33.4 Å². The second kappa shape index (κ2) is 4.42. The lowest BCUT2D eigenvalue weighted by Crippen LogP contribution is -1.98. The summed E-state index contributed by atoms with van der Waals surface area (Å²) in [6, 6.07) is 22.3. The van der Waals surface area contributed by atoms with Gasteiger partial charge in [0.15, 0.2) is 5.78 Å². The molecule has 0 heterocycles. The molecular formula is C20H14O. The molecule has 0 radical (unpaired) electrons. The molecule has 0 aromatic heterocycles. The monoisotopic (exact) mass is 270 g/mol. The Morgan fingerprint density at radius 2 is 1.33 bits per heavy atom. The van der Waals surface area contributed by atoms with E-state index in [1.165, 1.54) is 5.56 Å². The molecule has 0 spiro atoms. The summed E-state index contributed by atoms with van der Waals surface area (Å²) < 4.78 is 0. The zero-order valence-corrected chi connectivity index (χ0v) is 11.8. The van der Waals surface area contributed by atoms with E-state index in [2.05, 4.69) is 25.1 Å². The number of ketones is 1. The highest BCUT2D eigenvalue weighted by atomic mass is 16.1. The van der Waals surface area contributed by atoms with Crippen molar-refractivity contribution in [2.45, 2.75) is 6.92 Å². The summed E-state index contributed by atoms with van der Waals surface area (Å²) in [6.07, 6.45) is 0. The van der Waals surface area contributed by atoms with Crippen LogP contribution in [0.25, 0.3) is 22.3 Å². The molecule has 0 atom stereocenters. The summed E-state index contributed by atoms with van der Waals surface area (Å²) in [5, 5.41) is 0. The van der Waals surface area contributed by atoms with Crippen LogP contribution in [0.4, 0.5) is 0 Å². The van der Waals surface area contributed by atoms with Crippen LogP contribution in [0.5, 0.6) is 0 Å². The molecule has 0 fully saturated rings. The van der Waals surface area contributed by atoms with Gasteiger partial charge in [0.1, 0.15) is 0 Å². The summed E-state index contributed by atoms with van der Waals surface area (Å²) in [6.45, 7) is 2.07. The lowest BCUT2D eigenvalue weighted by atomic mass is 9.94. The highest BCUT2D eigenvalue weighted by molar-refractivity contribution is 6.24. The first-order valence-electron chi connectivity index (χ1n) is 7.10. The van der Waals surface area contributed by atoms with Gasteiger partial charge in [-0.1, -0.05) is 72.3 Å². The van der Waals surface area contributed by atoms with Gasteiger partial charge in [-0.3, -0.25) is 4.79 Å². The van der Waals surface area contributed by atoms with E-state index < -0.39 is 0 Å². The second-order valence-electron chi connectivity index (χ2n) is 5.47. The van der Waals surface area contributed by atoms with Crippen LogP contribution in [0.2, 0.25) is 0 Å². The van der Waals surface area contributed by atoms with Gasteiger partial charge in [-0.05, 0) is 29.2 Å². The van der Waals surface area contributed by atoms with Crippen LogP contribution in [0, 0.1) is 6.92 Å². The first kappa shape index (κ1) is 12.1. The molecule has 1 aliphatic rings. The Hall–Kier alpha value is -2.67. The molecule has 0 bridgehead atoms. The van der Waals surface area contributed by atoms with Gasteiger partial charge in [0.2, 0.25) is 0 Å². The van der Waals surface area contributed by atoms with Crippen molar-refractivity contribution in [2.75, 3.05) is 0 Å². The number of hydrogen-bond donors (Lipinski definition) is 0. The van der Waals surface area contributed by atoms with Crippen molar-refractivity contribution < 1.29 is 4.79 Å². The SMILES string of the molecule is Cc1cccc(-c2cccc3c2C(=O)c2ccccc2-3)c1. The van der Waals surface area contributed by atoms with Crippen LogP contribution in [0.3, 0.4) is 0 Å². The maximum atomic E-state index is 12.8. The summed E-state index contributed by atoms with van der Waals surface area (Å²) in [7, 11) is 0. The van der Waals surface area contributed by atoms with E-state index in [-0.39, 0.29) is 5.78 Å². The number of carbonyl (C=O) groups is 1. The van der Waals surface area contributed by atoms with Crippen molar-refractivity contribution in [3.05, 3.63) is 83.4 Å². The molecular weight excluding hydrogens is 256 g/mol. The Morgan fingerprint density at radius 3 is 2.14 bits per heavy atom. The van der Waals surface area contributed by atoms with Crippen LogP contribution in [-0.2, 0) is 0 Å². The molecule has 21 heavy (non-hydrogen) atoms. The van der Waals surface area contributed by atoms with Crippen LogP contribution in [0.1, 0.15) is 21.5 Å². The predicted molar refractivity (Wildman–Crippen MR) is 85.5 cm³/mol. The number of rotatable bonds is 1. The van der Waals surface area contributed by atoms with Gasteiger partial charge >= 0.3 is 0 Å². The van der Waals surface area contributed by atoms with E-state index in [9.17, 15) is 4.79 Å². The molecule has 1 aliphatic carbocycles. The minimum atomic E-state index is 0.137. The van der Waals surface area contributed by atoms with Crippen molar-refractivity contribution in [1.82, 2.24) is 0 Å². The van der Waals surface area contributed by atoms with Gasteiger partial charge in [0.25, 0.3) is 0 Å². The number of fused-ring (bicyclic) bond motifs is 3. The summed E-state index contributed by atoms with van der Waals surface area (Å²) >= 11 is 0. The molecule has 4 rings (SSSR count). The molecule has 1 heteroatoms. The zero-order valence-electron chi connectivity index (χ0n) is 11.8. The maximum Gasteiger partial charge on any atom is 0.194 e. The molecule has 0 amide bonds. The molecule has 1 nitrogen and oxygen atoms in total. The van der Waals surface area contributed by atoms with Crippen LogP contribution >= 0.6 is 0 Å². The fourth-order valence-corrected chi connectivity index (χ4v) is 3.13. The molecule has 0 unspecified atom stereocenters. The molecule has 0 aliphatic heterocycles. The number of carbonyl (C=O) groups excluding carboxylic acids is 1. The number of hydrogen-bond acceptors (Lipinski definition) is 1. The van der Waals surface area contributed by atoms with Gasteiger partial charge < -0.3 is 0 Å². The quantitative estimate of drug-likeness (QED) is 0.482. The van der Waals surface area contributed by atoms with Gasteiger partial charge in [0.05, 0.1) is 0 Å². The topological polar surface area (TPSA) is 17.1 Å². The number of aryl methyl sites for hydroxylation is 1. The third-order valence-corrected chi connectivity index (χ3v) is 4.08. The highest BCUT2D eigenvalue weighted by Gasteiger charge is 2.28. The Balaban J connectivity index is 2.01. The van der Waals surface area contributed by atoms with Gasteiger partial charge in [0, 0.05) is 11.1 Å². The number of benzene rings is 3. The lowest BCUT2D eigenvalue weighted by molar-refractivity contribution is 0.104. The minimum Gasteiger partial charge on any atom is -0.289 e. The standard InChI is InChI=1S/C20H14O/c1-13-6-4-7-14(12-13)15-10-5-11-17-16-8-2-3-9-18(16)20(21)19(15)17/h2-12H,1H3.